The van der Waals surface area contributed by atoms with Gasteiger partial charge in [0.2, 0.25) is 5.13 Å². The minimum absolute atomic E-state index is 0.689. The third kappa shape index (κ3) is 0.651. The average molecular weight is 284 g/mol. The van der Waals surface area contributed by atoms with E-state index in [2.05, 4.69) is 20.7 Å². The van der Waals surface area contributed by atoms with Gasteiger partial charge in [-0.25, -0.2) is 0 Å². The Morgan fingerprint density at radius 1 is 1.15 bits per heavy atom. The van der Waals surface area contributed by atoms with E-state index < -0.39 is 0 Å². The van der Waals surface area contributed by atoms with E-state index in [1.54, 1.807) is 17.6 Å². The van der Waals surface area contributed by atoms with Crippen LogP contribution in [0.25, 0.3) is 10.7 Å². The van der Waals surface area contributed by atoms with E-state index in [9.17, 15) is 0 Å². The molecule has 8 rings (SSSR count). The number of hydrogen-bond donors (Lipinski definition) is 1. The maximum absolute atomic E-state index is 4.85. The number of nitrogens with zero attached hydrogens (tertiary/aromatic N) is 3. The number of hydrogen-bond acceptors (Lipinski definition) is 6. The van der Waals surface area contributed by atoms with Gasteiger partial charge in [-0.1, -0.05) is 16.5 Å². The van der Waals surface area contributed by atoms with Gasteiger partial charge in [0.05, 0.1) is 0 Å². The van der Waals surface area contributed by atoms with Crippen LogP contribution in [-0.4, -0.2) is 21.9 Å². The molecular formula is C14H12N4OS. The lowest BCUT2D eigenvalue weighted by Gasteiger charge is -3.08. The summed E-state index contributed by atoms with van der Waals surface area (Å²) in [6, 6.07) is 1.82. The maximum Gasteiger partial charge on any atom is 0.206 e. The lowest BCUT2D eigenvalue weighted by atomic mass is 8.96. The van der Waals surface area contributed by atoms with Gasteiger partial charge < -0.3 is 9.84 Å². The van der Waals surface area contributed by atoms with E-state index in [4.69, 9.17) is 4.52 Å². The zero-order valence-electron chi connectivity index (χ0n) is 10.6. The van der Waals surface area contributed by atoms with Gasteiger partial charge in [-0.05, 0) is 46.8 Å². The van der Waals surface area contributed by atoms with E-state index in [1.807, 2.05) is 6.07 Å². The lowest BCUT2D eigenvalue weighted by molar-refractivity contribution is -0.610. The third-order valence-electron chi connectivity index (χ3n) is 7.31. The van der Waals surface area contributed by atoms with Crippen LogP contribution in [0.4, 0.5) is 5.13 Å². The van der Waals surface area contributed by atoms with Crippen LogP contribution in [0, 0.1) is 46.8 Å². The van der Waals surface area contributed by atoms with Crippen LogP contribution in [0.5, 0.6) is 0 Å². The van der Waals surface area contributed by atoms with Gasteiger partial charge in [0.25, 0.3) is 0 Å². The fourth-order valence-electron chi connectivity index (χ4n) is 6.97. The van der Waals surface area contributed by atoms with Gasteiger partial charge in [-0.3, -0.25) is 0 Å². The Bertz CT molecular complexity index is 702. The van der Waals surface area contributed by atoms with Crippen LogP contribution in [0.3, 0.4) is 0 Å². The lowest BCUT2D eigenvalue weighted by Crippen LogP contribution is -3.06. The van der Waals surface area contributed by atoms with Gasteiger partial charge >= 0.3 is 0 Å². The molecule has 0 saturated heterocycles. The van der Waals surface area contributed by atoms with Crippen molar-refractivity contribution < 1.29 is 4.52 Å². The van der Waals surface area contributed by atoms with Crippen molar-refractivity contribution in [3.05, 3.63) is 12.3 Å². The molecule has 0 atom stereocenters. The standard InChI is InChI=1S/C14H12N4OS/c1-2-19-18-4(1)12-16-17-13(20-12)15-3-14-9-6-5-7(9)11(14)8(5)10(6)14/h1-2,5-11H,3H2,(H,15,17). The molecule has 0 aliphatic heterocycles. The number of anilines is 1. The van der Waals surface area contributed by atoms with Crippen LogP contribution >= 0.6 is 11.3 Å². The summed E-state index contributed by atoms with van der Waals surface area (Å²) in [6.45, 7) is 1.12. The first kappa shape index (κ1) is 9.50. The van der Waals surface area contributed by atoms with E-state index in [-0.39, 0.29) is 0 Å². The second-order valence-electron chi connectivity index (χ2n) is 7.15. The minimum atomic E-state index is 0.689. The van der Waals surface area contributed by atoms with Crippen LogP contribution < -0.4 is 5.32 Å². The summed E-state index contributed by atoms with van der Waals surface area (Å²) < 4.78 is 4.85. The van der Waals surface area contributed by atoms with Gasteiger partial charge in [0, 0.05) is 12.6 Å². The van der Waals surface area contributed by atoms with Gasteiger partial charge in [0.1, 0.15) is 12.0 Å². The first-order valence-corrected chi connectivity index (χ1v) is 8.21. The van der Waals surface area contributed by atoms with E-state index in [0.29, 0.717) is 5.41 Å². The molecule has 0 bridgehead atoms. The zero-order chi connectivity index (χ0) is 12.6. The Kier molecular flexibility index (Phi) is 1.21. The summed E-state index contributed by atoms with van der Waals surface area (Å²) in [4.78, 5) is 0. The molecule has 1 N–H and O–H groups in total. The fraction of sp³-hybridized carbons (Fsp3) is 0.643. The summed E-state index contributed by atoms with van der Waals surface area (Å²) in [7, 11) is 0. The molecule has 100 valence electrons. The summed E-state index contributed by atoms with van der Waals surface area (Å²) in [5.41, 5.74) is 1.46. The Labute approximate surface area is 118 Å². The number of aromatic nitrogens is 3. The topological polar surface area (TPSA) is 63.8 Å². The number of nitrogens with one attached hydrogen (secondary N) is 1. The average Bonchev–Trinajstić information content (AvgIpc) is 3.16. The quantitative estimate of drug-likeness (QED) is 0.930. The molecule has 0 amide bonds. The molecule has 6 fully saturated rings. The van der Waals surface area contributed by atoms with Crippen molar-refractivity contribution in [3.8, 4) is 10.7 Å². The Hall–Kier alpha value is -1.43. The van der Waals surface area contributed by atoms with Crippen molar-refractivity contribution in [3.63, 3.8) is 0 Å². The van der Waals surface area contributed by atoms with Crippen LogP contribution in [0.2, 0.25) is 0 Å². The molecule has 6 aliphatic rings. The van der Waals surface area contributed by atoms with Crippen molar-refractivity contribution in [1.82, 2.24) is 15.4 Å². The monoisotopic (exact) mass is 284 g/mol. The molecule has 2 aromatic rings. The van der Waals surface area contributed by atoms with E-state index >= 15 is 0 Å². The van der Waals surface area contributed by atoms with Crippen molar-refractivity contribution in [2.75, 3.05) is 11.9 Å². The van der Waals surface area contributed by atoms with Gasteiger partial charge in [0.15, 0.2) is 5.01 Å². The normalized spacial score (nSPS) is 53.9. The van der Waals surface area contributed by atoms with E-state index in [0.717, 1.165) is 57.9 Å². The van der Waals surface area contributed by atoms with Gasteiger partial charge in [-0.15, -0.1) is 10.2 Å². The van der Waals surface area contributed by atoms with Crippen LogP contribution in [-0.2, 0) is 0 Å². The van der Waals surface area contributed by atoms with Gasteiger partial charge in [-0.2, -0.15) is 0 Å². The van der Waals surface area contributed by atoms with E-state index in [1.165, 1.54) is 5.92 Å². The highest BCUT2D eigenvalue weighted by molar-refractivity contribution is 7.18. The molecule has 0 spiro atoms. The highest BCUT2D eigenvalue weighted by atomic mass is 32.1. The molecule has 2 aromatic heterocycles. The molecule has 6 heteroatoms. The molecule has 0 radical (unpaired) electrons. The zero-order valence-corrected chi connectivity index (χ0v) is 11.4. The van der Waals surface area contributed by atoms with Crippen molar-refractivity contribution in [1.29, 1.82) is 0 Å². The second kappa shape index (κ2) is 2.54. The predicted octanol–water partition coefficient (Wildman–Crippen LogP) is 1.97. The largest absolute Gasteiger partial charge is 0.364 e. The van der Waals surface area contributed by atoms with Crippen molar-refractivity contribution >= 4 is 16.5 Å². The summed E-state index contributed by atoms with van der Waals surface area (Å²) >= 11 is 1.57. The third-order valence-corrected chi connectivity index (χ3v) is 8.21. The second-order valence-corrected chi connectivity index (χ2v) is 8.13. The molecule has 2 heterocycles. The van der Waals surface area contributed by atoms with Crippen LogP contribution in [0.1, 0.15) is 0 Å². The summed E-state index contributed by atoms with van der Waals surface area (Å²) in [6.07, 6.45) is 1.57. The van der Waals surface area contributed by atoms with Crippen molar-refractivity contribution in [2.45, 2.75) is 0 Å². The fourth-order valence-corrected chi connectivity index (χ4v) is 7.67. The summed E-state index contributed by atoms with van der Waals surface area (Å²) in [5.74, 6) is 7.90. The first-order valence-electron chi connectivity index (χ1n) is 7.39. The molecular weight excluding hydrogens is 272 g/mol. The highest BCUT2D eigenvalue weighted by Gasteiger charge is 3.03. The molecule has 0 unspecified atom stereocenters. The Morgan fingerprint density at radius 3 is 2.65 bits per heavy atom. The van der Waals surface area contributed by atoms with Crippen LogP contribution in [0.15, 0.2) is 16.9 Å². The maximum atomic E-state index is 4.85. The number of rotatable bonds is 4. The first-order chi connectivity index (χ1) is 9.91. The molecule has 6 aliphatic carbocycles. The molecule has 5 nitrogen and oxygen atoms in total. The molecule has 20 heavy (non-hydrogen) atoms. The smallest absolute Gasteiger partial charge is 0.206 e. The predicted molar refractivity (Wildman–Crippen MR) is 70.8 cm³/mol. The highest BCUT2D eigenvalue weighted by Crippen LogP contribution is 3.05. The minimum Gasteiger partial charge on any atom is -0.364 e. The summed E-state index contributed by atoms with van der Waals surface area (Å²) in [5, 5.41) is 17.6. The molecule has 6 saturated carbocycles. The van der Waals surface area contributed by atoms with Crippen molar-refractivity contribution in [2.24, 2.45) is 46.8 Å². The Balaban J connectivity index is 1.13. The SMILES string of the molecule is c1cc(-c2nnc(NCC34C5C6C7C5C3C7C64)s2)no1. The Morgan fingerprint density at radius 2 is 1.95 bits per heavy atom. The molecule has 0 aromatic carbocycles.